The zero-order chi connectivity index (χ0) is 14.5. The molecule has 6 nitrogen and oxygen atoms in total. The fourth-order valence-corrected chi connectivity index (χ4v) is 2.11. The van der Waals surface area contributed by atoms with Gasteiger partial charge in [0.15, 0.2) is 5.65 Å². The summed E-state index contributed by atoms with van der Waals surface area (Å²) in [5.41, 5.74) is 0.824. The number of fused-ring (bicyclic) bond motifs is 1. The second kappa shape index (κ2) is 6.13. The number of aromatic nitrogens is 4. The molecule has 3 aromatic rings. The first-order chi connectivity index (χ1) is 10.3. The third kappa shape index (κ3) is 3.22. The Labute approximate surface area is 121 Å². The van der Waals surface area contributed by atoms with Crippen molar-refractivity contribution >= 4 is 17.4 Å². The van der Waals surface area contributed by atoms with Gasteiger partial charge in [0.25, 0.3) is 0 Å². The first-order valence-corrected chi connectivity index (χ1v) is 6.82. The highest BCUT2D eigenvalue weighted by atomic mass is 16.1. The Morgan fingerprint density at radius 1 is 1.14 bits per heavy atom. The fraction of sp³-hybridized carbons (Fsp3) is 0.200. The van der Waals surface area contributed by atoms with E-state index in [0.717, 1.165) is 11.5 Å². The zero-order valence-corrected chi connectivity index (χ0v) is 11.4. The summed E-state index contributed by atoms with van der Waals surface area (Å²) in [6.45, 7) is 0. The van der Waals surface area contributed by atoms with E-state index in [-0.39, 0.29) is 5.91 Å². The Morgan fingerprint density at radius 3 is 2.90 bits per heavy atom. The van der Waals surface area contributed by atoms with E-state index < -0.39 is 0 Å². The number of amides is 1. The van der Waals surface area contributed by atoms with Crippen LogP contribution in [-0.4, -0.2) is 25.5 Å². The van der Waals surface area contributed by atoms with Crippen molar-refractivity contribution < 1.29 is 4.79 Å². The summed E-state index contributed by atoms with van der Waals surface area (Å²) in [7, 11) is 0. The molecule has 6 heteroatoms. The lowest BCUT2D eigenvalue weighted by Crippen LogP contribution is -2.12. The molecule has 0 aliphatic rings. The quantitative estimate of drug-likeness (QED) is 0.777. The van der Waals surface area contributed by atoms with E-state index in [4.69, 9.17) is 0 Å². The normalized spacial score (nSPS) is 10.7. The molecule has 0 aromatic carbocycles. The Bertz CT molecular complexity index is 738. The number of hydrogen-bond donors (Lipinski definition) is 1. The zero-order valence-electron chi connectivity index (χ0n) is 11.4. The minimum atomic E-state index is -0.0393. The molecule has 1 N–H and O–H groups in total. The van der Waals surface area contributed by atoms with Gasteiger partial charge >= 0.3 is 0 Å². The lowest BCUT2D eigenvalue weighted by atomic mass is 10.2. The first-order valence-electron chi connectivity index (χ1n) is 6.82. The molecule has 0 radical (unpaired) electrons. The standard InChI is InChI=1S/C15H15N5O/c21-15(17-12-6-1-3-10-16-12)9-5-8-14-19-18-13-7-2-4-11-20(13)14/h1-4,6-7,10-11H,5,8-9H2,(H,16,17,21). The highest BCUT2D eigenvalue weighted by molar-refractivity contribution is 5.89. The van der Waals surface area contributed by atoms with Gasteiger partial charge in [-0.2, -0.15) is 0 Å². The maximum Gasteiger partial charge on any atom is 0.225 e. The summed E-state index contributed by atoms with van der Waals surface area (Å²) in [6.07, 6.45) is 5.43. The van der Waals surface area contributed by atoms with Crippen molar-refractivity contribution in [2.75, 3.05) is 5.32 Å². The van der Waals surface area contributed by atoms with Crippen molar-refractivity contribution in [3.63, 3.8) is 0 Å². The van der Waals surface area contributed by atoms with Crippen LogP contribution in [0.1, 0.15) is 18.7 Å². The molecule has 0 unspecified atom stereocenters. The number of hydrogen-bond acceptors (Lipinski definition) is 4. The highest BCUT2D eigenvalue weighted by Gasteiger charge is 2.07. The Balaban J connectivity index is 1.53. The summed E-state index contributed by atoms with van der Waals surface area (Å²) >= 11 is 0. The number of nitrogens with zero attached hydrogens (tertiary/aromatic N) is 4. The molecule has 21 heavy (non-hydrogen) atoms. The molecule has 0 saturated heterocycles. The summed E-state index contributed by atoms with van der Waals surface area (Å²) in [6, 6.07) is 11.2. The molecule has 3 rings (SSSR count). The van der Waals surface area contributed by atoms with E-state index in [1.54, 1.807) is 12.3 Å². The predicted octanol–water partition coefficient (Wildman–Crippen LogP) is 2.09. The van der Waals surface area contributed by atoms with Gasteiger partial charge in [-0.3, -0.25) is 9.20 Å². The van der Waals surface area contributed by atoms with Crippen LogP contribution in [0.15, 0.2) is 48.8 Å². The highest BCUT2D eigenvalue weighted by Crippen LogP contribution is 2.07. The van der Waals surface area contributed by atoms with Crippen LogP contribution in [0.4, 0.5) is 5.82 Å². The molecule has 0 spiro atoms. The molecule has 0 fully saturated rings. The summed E-state index contributed by atoms with van der Waals surface area (Å²) < 4.78 is 1.94. The van der Waals surface area contributed by atoms with Gasteiger partial charge in [0.05, 0.1) is 0 Å². The van der Waals surface area contributed by atoms with Gasteiger partial charge in [-0.15, -0.1) is 10.2 Å². The largest absolute Gasteiger partial charge is 0.311 e. The number of pyridine rings is 2. The molecule has 0 atom stereocenters. The van der Waals surface area contributed by atoms with Crippen LogP contribution < -0.4 is 5.32 Å². The number of rotatable bonds is 5. The molecule has 0 aliphatic heterocycles. The summed E-state index contributed by atoms with van der Waals surface area (Å²) in [5, 5.41) is 11.0. The monoisotopic (exact) mass is 281 g/mol. The van der Waals surface area contributed by atoms with Gasteiger partial charge in [0.2, 0.25) is 5.91 Å². The van der Waals surface area contributed by atoms with Crippen LogP contribution in [-0.2, 0) is 11.2 Å². The van der Waals surface area contributed by atoms with Crippen molar-refractivity contribution in [3.05, 3.63) is 54.6 Å². The Morgan fingerprint density at radius 2 is 2.05 bits per heavy atom. The van der Waals surface area contributed by atoms with Crippen LogP contribution in [0.5, 0.6) is 0 Å². The molecule has 0 aliphatic carbocycles. The molecule has 3 heterocycles. The van der Waals surface area contributed by atoms with Crippen molar-refractivity contribution in [3.8, 4) is 0 Å². The lowest BCUT2D eigenvalue weighted by molar-refractivity contribution is -0.116. The van der Waals surface area contributed by atoms with Crippen molar-refractivity contribution in [1.29, 1.82) is 0 Å². The average molecular weight is 281 g/mol. The molecule has 106 valence electrons. The third-order valence-corrected chi connectivity index (χ3v) is 3.12. The number of nitrogens with one attached hydrogen (secondary N) is 1. The van der Waals surface area contributed by atoms with Crippen LogP contribution in [0.2, 0.25) is 0 Å². The number of aryl methyl sites for hydroxylation is 1. The molecule has 1 amide bonds. The second-order valence-electron chi connectivity index (χ2n) is 4.66. The maximum atomic E-state index is 11.8. The summed E-state index contributed by atoms with van der Waals surface area (Å²) in [4.78, 5) is 15.9. The SMILES string of the molecule is O=C(CCCc1nnc2ccccn12)Nc1ccccn1. The maximum absolute atomic E-state index is 11.8. The predicted molar refractivity (Wildman–Crippen MR) is 78.8 cm³/mol. The molecular weight excluding hydrogens is 266 g/mol. The van der Waals surface area contributed by atoms with Gasteiger partial charge in [0, 0.05) is 25.2 Å². The second-order valence-corrected chi connectivity index (χ2v) is 4.66. The van der Waals surface area contributed by atoms with E-state index in [9.17, 15) is 4.79 Å². The van der Waals surface area contributed by atoms with Crippen molar-refractivity contribution in [1.82, 2.24) is 19.6 Å². The van der Waals surface area contributed by atoms with E-state index >= 15 is 0 Å². The summed E-state index contributed by atoms with van der Waals surface area (Å²) in [5.74, 6) is 1.41. The van der Waals surface area contributed by atoms with Gasteiger partial charge in [-0.25, -0.2) is 4.98 Å². The van der Waals surface area contributed by atoms with Crippen LogP contribution >= 0.6 is 0 Å². The van der Waals surface area contributed by atoms with Gasteiger partial charge in [0.1, 0.15) is 11.6 Å². The minimum absolute atomic E-state index is 0.0393. The first kappa shape index (κ1) is 13.2. The average Bonchev–Trinajstić information content (AvgIpc) is 2.92. The Kier molecular flexibility index (Phi) is 3.86. The van der Waals surface area contributed by atoms with E-state index in [2.05, 4.69) is 20.5 Å². The van der Waals surface area contributed by atoms with E-state index in [1.165, 1.54) is 0 Å². The fourth-order valence-electron chi connectivity index (χ4n) is 2.11. The van der Waals surface area contributed by atoms with Gasteiger partial charge < -0.3 is 5.32 Å². The smallest absolute Gasteiger partial charge is 0.225 e. The molecule has 0 bridgehead atoms. The van der Waals surface area contributed by atoms with E-state index in [1.807, 2.05) is 40.9 Å². The third-order valence-electron chi connectivity index (χ3n) is 3.12. The number of carbonyl (C=O) groups is 1. The topological polar surface area (TPSA) is 72.2 Å². The van der Waals surface area contributed by atoms with Gasteiger partial charge in [-0.1, -0.05) is 12.1 Å². The molecule has 0 saturated carbocycles. The number of carbonyl (C=O) groups excluding carboxylic acids is 1. The van der Waals surface area contributed by atoms with Crippen molar-refractivity contribution in [2.24, 2.45) is 0 Å². The molecular formula is C15H15N5O. The number of anilines is 1. The molecule has 3 aromatic heterocycles. The lowest BCUT2D eigenvalue weighted by Gasteiger charge is -2.03. The van der Waals surface area contributed by atoms with Crippen LogP contribution in [0, 0.1) is 0 Å². The Hall–Kier alpha value is -2.76. The minimum Gasteiger partial charge on any atom is -0.311 e. The van der Waals surface area contributed by atoms with Crippen LogP contribution in [0.25, 0.3) is 5.65 Å². The van der Waals surface area contributed by atoms with E-state index in [0.29, 0.717) is 25.1 Å². The van der Waals surface area contributed by atoms with Crippen molar-refractivity contribution in [2.45, 2.75) is 19.3 Å². The van der Waals surface area contributed by atoms with Gasteiger partial charge in [-0.05, 0) is 30.7 Å². The van der Waals surface area contributed by atoms with Crippen LogP contribution in [0.3, 0.4) is 0 Å².